The van der Waals surface area contributed by atoms with Gasteiger partial charge in [0.2, 0.25) is 0 Å². The van der Waals surface area contributed by atoms with E-state index < -0.39 is 5.97 Å². The molecule has 3 aromatic rings. The van der Waals surface area contributed by atoms with Crippen molar-refractivity contribution < 1.29 is 24.5 Å². The van der Waals surface area contributed by atoms with Gasteiger partial charge in [-0.3, -0.25) is 0 Å². The maximum atomic E-state index is 12.6. The Morgan fingerprint density at radius 2 is 1.88 bits per heavy atom. The fraction of sp³-hybridized carbons (Fsp3) is 0.120. The molecule has 7 heteroatoms. The summed E-state index contributed by atoms with van der Waals surface area (Å²) in [6, 6.07) is 18.4. The summed E-state index contributed by atoms with van der Waals surface area (Å²) in [4.78, 5) is 17.8. The fourth-order valence-corrected chi connectivity index (χ4v) is 4.37. The molecular formula is C25H21NO5S. The van der Waals surface area contributed by atoms with Gasteiger partial charge < -0.3 is 19.7 Å². The molecule has 0 bridgehead atoms. The molecule has 1 aliphatic heterocycles. The minimum Gasteiger partial charge on any atom is -0.506 e. The number of carbonyl (C=O) groups is 1. The summed E-state index contributed by atoms with van der Waals surface area (Å²) in [5.74, 6) is -0.511. The van der Waals surface area contributed by atoms with Gasteiger partial charge in [-0.25, -0.2) is 9.79 Å². The van der Waals surface area contributed by atoms with Crippen LogP contribution in [0.4, 0.5) is 5.69 Å². The second kappa shape index (κ2) is 9.20. The number of esters is 1. The highest BCUT2D eigenvalue weighted by Crippen LogP contribution is 2.41. The van der Waals surface area contributed by atoms with E-state index in [0.29, 0.717) is 26.9 Å². The van der Waals surface area contributed by atoms with E-state index in [1.54, 1.807) is 25.1 Å². The average Bonchev–Trinajstić information content (AvgIpc) is 3.10. The van der Waals surface area contributed by atoms with Crippen LogP contribution in [0, 0.1) is 0 Å². The van der Waals surface area contributed by atoms with E-state index in [9.17, 15) is 15.0 Å². The van der Waals surface area contributed by atoms with E-state index in [1.165, 1.54) is 24.9 Å². The molecule has 0 atom stereocenters. The zero-order valence-corrected chi connectivity index (χ0v) is 18.3. The van der Waals surface area contributed by atoms with Gasteiger partial charge in [0.05, 0.1) is 24.3 Å². The monoisotopic (exact) mass is 447 g/mol. The molecule has 0 saturated carbocycles. The second-order valence-corrected chi connectivity index (χ2v) is 7.93. The number of aromatic hydroxyl groups is 1. The quantitative estimate of drug-likeness (QED) is 0.485. The van der Waals surface area contributed by atoms with Crippen LogP contribution >= 0.6 is 11.8 Å². The van der Waals surface area contributed by atoms with Gasteiger partial charge in [-0.1, -0.05) is 54.2 Å². The Hall–Kier alpha value is -3.71. The summed E-state index contributed by atoms with van der Waals surface area (Å²) in [6.07, 6.45) is 1.70. The maximum Gasteiger partial charge on any atom is 0.344 e. The van der Waals surface area contributed by atoms with Crippen molar-refractivity contribution in [1.29, 1.82) is 0 Å². The van der Waals surface area contributed by atoms with Crippen LogP contribution in [0.5, 0.6) is 11.5 Å². The van der Waals surface area contributed by atoms with Crippen LogP contribution in [0.1, 0.15) is 12.5 Å². The number of rotatable bonds is 5. The van der Waals surface area contributed by atoms with Gasteiger partial charge in [0, 0.05) is 5.39 Å². The lowest BCUT2D eigenvalue weighted by Crippen LogP contribution is -2.12. The van der Waals surface area contributed by atoms with Crippen LogP contribution in [0.15, 0.2) is 81.9 Å². The number of aliphatic imine (C=N–C) groups is 1. The first-order valence-corrected chi connectivity index (χ1v) is 10.8. The molecule has 1 heterocycles. The molecule has 1 aliphatic rings. The first-order valence-electron chi connectivity index (χ1n) is 9.96. The number of benzene rings is 3. The molecule has 0 spiro atoms. The van der Waals surface area contributed by atoms with Crippen LogP contribution in [0.3, 0.4) is 0 Å². The normalized spacial score (nSPS) is 16.2. The first kappa shape index (κ1) is 21.5. The number of nitrogens with zero attached hydrogens (tertiary/aromatic N) is 1. The van der Waals surface area contributed by atoms with Crippen LogP contribution in [-0.2, 0) is 9.53 Å². The minimum atomic E-state index is -0.636. The average molecular weight is 448 g/mol. The van der Waals surface area contributed by atoms with Gasteiger partial charge in [-0.2, -0.15) is 0 Å². The van der Waals surface area contributed by atoms with Gasteiger partial charge in [0.15, 0.2) is 11.5 Å². The number of ether oxygens (including phenoxy) is 2. The Bertz CT molecular complexity index is 1290. The molecule has 0 aliphatic carbocycles. The first-order chi connectivity index (χ1) is 15.5. The number of methoxy groups -OCH3 is 1. The summed E-state index contributed by atoms with van der Waals surface area (Å²) >= 11 is 1.18. The molecule has 6 nitrogen and oxygen atoms in total. The highest BCUT2D eigenvalue weighted by atomic mass is 32.2. The molecular weight excluding hydrogens is 426 g/mol. The zero-order chi connectivity index (χ0) is 22.7. The lowest BCUT2D eigenvalue weighted by Gasteiger charge is -2.06. The lowest BCUT2D eigenvalue weighted by atomic mass is 10.1. The molecule has 3 aromatic carbocycles. The lowest BCUT2D eigenvalue weighted by molar-refractivity contribution is -0.138. The molecule has 0 unspecified atom stereocenters. The zero-order valence-electron chi connectivity index (χ0n) is 17.5. The number of hydrogen-bond acceptors (Lipinski definition) is 7. The maximum absolute atomic E-state index is 12.6. The number of phenols is 1. The van der Waals surface area contributed by atoms with Gasteiger partial charge in [-0.15, -0.1) is 0 Å². The second-order valence-electron chi connectivity index (χ2n) is 6.90. The van der Waals surface area contributed by atoms with Crippen molar-refractivity contribution in [3.63, 3.8) is 0 Å². The number of carbonyl (C=O) groups excluding carboxylic acids is 1. The van der Waals surface area contributed by atoms with Crippen molar-refractivity contribution >= 4 is 45.3 Å². The summed E-state index contributed by atoms with van der Waals surface area (Å²) in [5, 5.41) is 23.0. The fourth-order valence-electron chi connectivity index (χ4n) is 3.34. The molecule has 0 amide bonds. The molecule has 32 heavy (non-hydrogen) atoms. The van der Waals surface area contributed by atoms with E-state index in [4.69, 9.17) is 14.5 Å². The molecule has 0 saturated heterocycles. The highest BCUT2D eigenvalue weighted by molar-refractivity contribution is 8.18. The number of hydrogen-bond donors (Lipinski definition) is 2. The summed E-state index contributed by atoms with van der Waals surface area (Å²) in [6.45, 7) is 1.88. The standard InChI is InChI=1S/C25H21NO5S/c1-3-31-25(29)22-23(28)21(14-15-11-12-19(27)20(13-15)30-2)32-24(22)26-18-10-6-8-16-7-4-5-9-17(16)18/h4-14,27-28H,3H2,1-2H3. The summed E-state index contributed by atoms with van der Waals surface area (Å²) in [5.41, 5.74) is 1.40. The number of aliphatic hydroxyl groups is 1. The third kappa shape index (κ3) is 4.20. The van der Waals surface area contributed by atoms with Crippen molar-refractivity contribution in [1.82, 2.24) is 0 Å². The largest absolute Gasteiger partial charge is 0.506 e. The Morgan fingerprint density at radius 3 is 2.66 bits per heavy atom. The van der Waals surface area contributed by atoms with Crippen LogP contribution in [0.2, 0.25) is 0 Å². The van der Waals surface area contributed by atoms with E-state index in [-0.39, 0.29) is 23.7 Å². The van der Waals surface area contributed by atoms with E-state index in [1.807, 2.05) is 42.5 Å². The Kier molecular flexibility index (Phi) is 6.18. The minimum absolute atomic E-state index is 0.0129. The van der Waals surface area contributed by atoms with Crippen LogP contribution < -0.4 is 4.74 Å². The molecule has 2 N–H and O–H groups in total. The van der Waals surface area contributed by atoms with Crippen molar-refractivity contribution in [2.24, 2.45) is 4.99 Å². The van der Waals surface area contributed by atoms with Gasteiger partial charge in [0.25, 0.3) is 0 Å². The van der Waals surface area contributed by atoms with Crippen molar-refractivity contribution in [2.75, 3.05) is 13.7 Å². The van der Waals surface area contributed by atoms with Crippen molar-refractivity contribution in [3.05, 3.63) is 82.5 Å². The number of aliphatic hydroxyl groups excluding tert-OH is 1. The molecule has 0 aromatic heterocycles. The Labute approximate surface area is 189 Å². The molecule has 0 radical (unpaired) electrons. The number of thioether (sulfide) groups is 1. The number of fused-ring (bicyclic) bond motifs is 1. The molecule has 162 valence electrons. The van der Waals surface area contributed by atoms with Crippen LogP contribution in [-0.4, -0.2) is 34.9 Å². The SMILES string of the molecule is CCOC(=O)C1=C(O)C(=Cc2ccc(O)c(OC)c2)SC1=Nc1cccc2ccccc12. The smallest absolute Gasteiger partial charge is 0.344 e. The van der Waals surface area contributed by atoms with Gasteiger partial charge in [0.1, 0.15) is 16.4 Å². The van der Waals surface area contributed by atoms with E-state index in [2.05, 4.69) is 0 Å². The van der Waals surface area contributed by atoms with E-state index >= 15 is 0 Å². The summed E-state index contributed by atoms with van der Waals surface area (Å²) < 4.78 is 10.3. The predicted molar refractivity (Wildman–Crippen MR) is 128 cm³/mol. The van der Waals surface area contributed by atoms with Gasteiger partial charge in [-0.05, 0) is 42.1 Å². The van der Waals surface area contributed by atoms with Crippen molar-refractivity contribution in [2.45, 2.75) is 6.92 Å². The molecule has 0 fully saturated rings. The Morgan fingerprint density at radius 1 is 1.09 bits per heavy atom. The molecule has 4 rings (SSSR count). The predicted octanol–water partition coefficient (Wildman–Crippen LogP) is 5.75. The van der Waals surface area contributed by atoms with Crippen LogP contribution in [0.25, 0.3) is 16.8 Å². The van der Waals surface area contributed by atoms with E-state index in [0.717, 1.165) is 10.8 Å². The topological polar surface area (TPSA) is 88.4 Å². The Balaban J connectivity index is 1.81. The number of phenolic OH excluding ortho intramolecular Hbond substituents is 1. The third-order valence-corrected chi connectivity index (χ3v) is 5.88. The third-order valence-electron chi connectivity index (χ3n) is 4.86. The summed E-state index contributed by atoms with van der Waals surface area (Å²) in [7, 11) is 1.46. The van der Waals surface area contributed by atoms with Gasteiger partial charge >= 0.3 is 5.97 Å². The highest BCUT2D eigenvalue weighted by Gasteiger charge is 2.33. The van der Waals surface area contributed by atoms with Crippen molar-refractivity contribution in [3.8, 4) is 11.5 Å².